The van der Waals surface area contributed by atoms with Gasteiger partial charge in [0.1, 0.15) is 0 Å². The molecule has 0 spiro atoms. The smallest absolute Gasteiger partial charge is 0.356 e. The highest BCUT2D eigenvalue weighted by atomic mass is 16.5. The maximum absolute atomic E-state index is 11.4. The van der Waals surface area contributed by atoms with Gasteiger partial charge in [0.2, 0.25) is 0 Å². The Balaban J connectivity index is 2.44. The number of carbonyl (C=O) groups is 1. The van der Waals surface area contributed by atoms with Gasteiger partial charge in [0.15, 0.2) is 5.69 Å². The van der Waals surface area contributed by atoms with Gasteiger partial charge < -0.3 is 14.6 Å². The van der Waals surface area contributed by atoms with Gasteiger partial charge in [-0.1, -0.05) is 0 Å². The second-order valence-corrected chi connectivity index (χ2v) is 3.54. The summed E-state index contributed by atoms with van der Waals surface area (Å²) in [6.07, 6.45) is 0.583. The van der Waals surface area contributed by atoms with Crippen molar-refractivity contribution in [2.75, 3.05) is 26.9 Å². The van der Waals surface area contributed by atoms with Crippen molar-refractivity contribution in [3.63, 3.8) is 0 Å². The van der Waals surface area contributed by atoms with Gasteiger partial charge in [0.25, 0.3) is 5.56 Å². The van der Waals surface area contributed by atoms with Gasteiger partial charge in [-0.15, -0.1) is 0 Å². The molecule has 1 aromatic rings. The van der Waals surface area contributed by atoms with Gasteiger partial charge >= 0.3 is 5.97 Å². The van der Waals surface area contributed by atoms with E-state index < -0.39 is 5.97 Å². The summed E-state index contributed by atoms with van der Waals surface area (Å²) in [4.78, 5) is 22.1. The SMILES string of the molecule is COCCOCCCn1nc(C(=O)O)ccc1=O. The van der Waals surface area contributed by atoms with Crippen LogP contribution in [0.5, 0.6) is 0 Å². The van der Waals surface area contributed by atoms with Crippen molar-refractivity contribution in [3.8, 4) is 0 Å². The zero-order valence-corrected chi connectivity index (χ0v) is 10.2. The van der Waals surface area contributed by atoms with Crippen LogP contribution in [0.15, 0.2) is 16.9 Å². The molecule has 0 aliphatic rings. The number of ether oxygens (including phenoxy) is 2. The minimum atomic E-state index is -1.15. The normalized spacial score (nSPS) is 10.5. The summed E-state index contributed by atoms with van der Waals surface area (Å²) in [5, 5.41) is 12.5. The lowest BCUT2D eigenvalue weighted by molar-refractivity contribution is 0.0668. The number of aryl methyl sites for hydroxylation is 1. The molecule has 1 heterocycles. The largest absolute Gasteiger partial charge is 0.476 e. The van der Waals surface area contributed by atoms with Crippen molar-refractivity contribution in [1.82, 2.24) is 9.78 Å². The van der Waals surface area contributed by atoms with E-state index in [1.165, 1.54) is 12.1 Å². The summed E-state index contributed by atoms with van der Waals surface area (Å²) < 4.78 is 11.2. The Morgan fingerprint density at radius 3 is 2.83 bits per heavy atom. The standard InChI is InChI=1S/C11H16N2O5/c1-17-7-8-18-6-2-5-13-10(14)4-3-9(12-13)11(15)16/h3-4H,2,5-8H2,1H3,(H,15,16). The third-order valence-electron chi connectivity index (χ3n) is 2.18. The Labute approximate surface area is 104 Å². The van der Waals surface area contributed by atoms with Crippen molar-refractivity contribution < 1.29 is 19.4 Å². The molecule has 1 aromatic heterocycles. The average Bonchev–Trinajstić information content (AvgIpc) is 2.35. The van der Waals surface area contributed by atoms with Crippen molar-refractivity contribution in [2.45, 2.75) is 13.0 Å². The lowest BCUT2D eigenvalue weighted by Crippen LogP contribution is -2.25. The number of carboxylic acid groups (broad SMARTS) is 1. The van der Waals surface area contributed by atoms with E-state index in [0.29, 0.717) is 32.8 Å². The van der Waals surface area contributed by atoms with Crippen LogP contribution in [0.3, 0.4) is 0 Å². The minimum Gasteiger partial charge on any atom is -0.476 e. The van der Waals surface area contributed by atoms with E-state index in [4.69, 9.17) is 14.6 Å². The Kier molecular flexibility index (Phi) is 6.03. The summed E-state index contributed by atoms with van der Waals surface area (Å²) >= 11 is 0. The summed E-state index contributed by atoms with van der Waals surface area (Å²) in [5.74, 6) is -1.15. The molecule has 1 rings (SSSR count). The van der Waals surface area contributed by atoms with E-state index in [1.54, 1.807) is 7.11 Å². The van der Waals surface area contributed by atoms with E-state index in [9.17, 15) is 9.59 Å². The molecule has 0 aliphatic carbocycles. The molecule has 0 aliphatic heterocycles. The average molecular weight is 256 g/mol. The minimum absolute atomic E-state index is 0.144. The Morgan fingerprint density at radius 2 is 2.17 bits per heavy atom. The van der Waals surface area contributed by atoms with Crippen LogP contribution >= 0.6 is 0 Å². The van der Waals surface area contributed by atoms with Crippen molar-refractivity contribution >= 4 is 5.97 Å². The van der Waals surface area contributed by atoms with Crippen LogP contribution in [0.25, 0.3) is 0 Å². The summed E-state index contributed by atoms with van der Waals surface area (Å²) in [6.45, 7) is 1.81. The van der Waals surface area contributed by atoms with E-state index in [-0.39, 0.29) is 11.3 Å². The van der Waals surface area contributed by atoms with E-state index in [2.05, 4.69) is 5.10 Å². The van der Waals surface area contributed by atoms with Crippen molar-refractivity contribution in [3.05, 3.63) is 28.2 Å². The molecule has 0 amide bonds. The zero-order valence-electron chi connectivity index (χ0n) is 10.2. The quantitative estimate of drug-likeness (QED) is 0.658. The molecule has 1 N–H and O–H groups in total. The highest BCUT2D eigenvalue weighted by molar-refractivity contribution is 5.84. The maximum Gasteiger partial charge on any atom is 0.356 e. The Morgan fingerprint density at radius 1 is 1.39 bits per heavy atom. The zero-order chi connectivity index (χ0) is 13.4. The molecule has 18 heavy (non-hydrogen) atoms. The van der Waals surface area contributed by atoms with Crippen LogP contribution in [0.2, 0.25) is 0 Å². The Hall–Kier alpha value is -1.73. The predicted octanol–water partition coefficient (Wildman–Crippen LogP) is -0.00540. The number of rotatable bonds is 8. The molecular formula is C11H16N2O5. The molecule has 0 saturated heterocycles. The van der Waals surface area contributed by atoms with Crippen LogP contribution in [0.4, 0.5) is 0 Å². The number of hydrogen-bond acceptors (Lipinski definition) is 5. The number of methoxy groups -OCH3 is 1. The van der Waals surface area contributed by atoms with Crippen molar-refractivity contribution in [1.29, 1.82) is 0 Å². The molecule has 100 valence electrons. The number of nitrogens with zero attached hydrogens (tertiary/aromatic N) is 2. The van der Waals surface area contributed by atoms with Crippen LogP contribution in [0.1, 0.15) is 16.9 Å². The molecule has 7 nitrogen and oxygen atoms in total. The number of aromatic carboxylic acids is 1. The van der Waals surface area contributed by atoms with Gasteiger partial charge in [-0.2, -0.15) is 5.10 Å². The number of aromatic nitrogens is 2. The van der Waals surface area contributed by atoms with Crippen LogP contribution in [-0.4, -0.2) is 47.8 Å². The lowest BCUT2D eigenvalue weighted by atomic mass is 10.4. The van der Waals surface area contributed by atoms with E-state index in [1.807, 2.05) is 0 Å². The molecule has 0 radical (unpaired) electrons. The second-order valence-electron chi connectivity index (χ2n) is 3.54. The van der Waals surface area contributed by atoms with Gasteiger partial charge in [-0.25, -0.2) is 9.48 Å². The number of hydrogen-bond donors (Lipinski definition) is 1. The van der Waals surface area contributed by atoms with E-state index in [0.717, 1.165) is 4.68 Å². The molecule has 0 unspecified atom stereocenters. The number of carboxylic acids is 1. The fraction of sp³-hybridized carbons (Fsp3) is 0.545. The third-order valence-corrected chi connectivity index (χ3v) is 2.18. The lowest BCUT2D eigenvalue weighted by Gasteiger charge is -2.06. The summed E-state index contributed by atoms with van der Waals surface area (Å²) in [6, 6.07) is 2.39. The van der Waals surface area contributed by atoms with Crippen LogP contribution in [-0.2, 0) is 16.0 Å². The molecule has 0 saturated carbocycles. The third kappa shape index (κ3) is 4.64. The van der Waals surface area contributed by atoms with Gasteiger partial charge in [-0.3, -0.25) is 4.79 Å². The van der Waals surface area contributed by atoms with Crippen LogP contribution < -0.4 is 5.56 Å². The second kappa shape index (κ2) is 7.57. The fourth-order valence-electron chi connectivity index (χ4n) is 1.28. The highest BCUT2D eigenvalue weighted by Crippen LogP contribution is 1.92. The van der Waals surface area contributed by atoms with Gasteiger partial charge in [0, 0.05) is 26.3 Å². The summed E-state index contributed by atoms with van der Waals surface area (Å²) in [5.41, 5.74) is -0.466. The topological polar surface area (TPSA) is 90.7 Å². The van der Waals surface area contributed by atoms with Gasteiger partial charge in [-0.05, 0) is 12.5 Å². The first kappa shape index (κ1) is 14.3. The first-order chi connectivity index (χ1) is 8.65. The fourth-order valence-corrected chi connectivity index (χ4v) is 1.28. The van der Waals surface area contributed by atoms with E-state index >= 15 is 0 Å². The maximum atomic E-state index is 11.4. The monoisotopic (exact) mass is 256 g/mol. The van der Waals surface area contributed by atoms with Crippen molar-refractivity contribution in [2.24, 2.45) is 0 Å². The highest BCUT2D eigenvalue weighted by Gasteiger charge is 2.06. The molecule has 0 bridgehead atoms. The first-order valence-corrected chi connectivity index (χ1v) is 5.53. The first-order valence-electron chi connectivity index (χ1n) is 5.53. The molecule has 0 fully saturated rings. The molecular weight excluding hydrogens is 240 g/mol. The molecule has 7 heteroatoms. The van der Waals surface area contributed by atoms with Gasteiger partial charge in [0.05, 0.1) is 13.2 Å². The van der Waals surface area contributed by atoms with Crippen LogP contribution in [0, 0.1) is 0 Å². The molecule has 0 aromatic carbocycles. The molecule has 0 atom stereocenters. The predicted molar refractivity (Wildman–Crippen MR) is 62.8 cm³/mol. The Bertz CT molecular complexity index is 443. The summed E-state index contributed by atoms with van der Waals surface area (Å²) in [7, 11) is 1.59.